The van der Waals surface area contributed by atoms with E-state index in [0.717, 1.165) is 5.69 Å². The number of hydrogen-bond donors (Lipinski definition) is 0. The van der Waals surface area contributed by atoms with Gasteiger partial charge in [-0.1, -0.05) is 18.2 Å². The molecule has 18 heavy (non-hydrogen) atoms. The zero-order chi connectivity index (χ0) is 13.0. The molecule has 2 rings (SSSR count). The topological polar surface area (TPSA) is 61.2 Å². The zero-order valence-corrected chi connectivity index (χ0v) is 9.87. The quantitative estimate of drug-likeness (QED) is 0.754. The molecule has 0 saturated carbocycles. The predicted octanol–water partition coefficient (Wildman–Crippen LogP) is 0.948. The highest BCUT2D eigenvalue weighted by Crippen LogP contribution is 2.03. The first-order valence-corrected chi connectivity index (χ1v) is 5.41. The molecule has 0 atom stereocenters. The molecule has 0 aliphatic heterocycles. The van der Waals surface area contributed by atoms with Crippen LogP contribution in [0, 0.1) is 0 Å². The van der Waals surface area contributed by atoms with Crippen molar-refractivity contribution in [3.05, 3.63) is 58.8 Å². The number of carbonyl (C=O) groups excluding carboxylic acids is 1. The molecule has 5 nitrogen and oxygen atoms in total. The second-order valence-corrected chi connectivity index (χ2v) is 3.64. The standard InChI is InChI=1S/C13H12N2O3/c1-18-12(16)9-11-13(17)15(8-7-14-11)10-5-3-2-4-6-10/h2-8H,9H2,1H3. The molecule has 5 heteroatoms. The number of carbonyl (C=O) groups is 1. The van der Waals surface area contributed by atoms with Gasteiger partial charge in [-0.3, -0.25) is 19.1 Å². The molecule has 0 radical (unpaired) electrons. The third kappa shape index (κ3) is 2.45. The summed E-state index contributed by atoms with van der Waals surface area (Å²) in [4.78, 5) is 27.2. The van der Waals surface area contributed by atoms with E-state index >= 15 is 0 Å². The van der Waals surface area contributed by atoms with Gasteiger partial charge in [0.25, 0.3) is 5.56 Å². The molecular weight excluding hydrogens is 232 g/mol. The van der Waals surface area contributed by atoms with Gasteiger partial charge in [0.15, 0.2) is 0 Å². The number of ether oxygens (including phenoxy) is 1. The fourth-order valence-corrected chi connectivity index (χ4v) is 1.57. The summed E-state index contributed by atoms with van der Waals surface area (Å²) in [5, 5.41) is 0. The maximum atomic E-state index is 12.1. The van der Waals surface area contributed by atoms with Gasteiger partial charge in [0, 0.05) is 18.1 Å². The highest BCUT2D eigenvalue weighted by molar-refractivity contribution is 5.71. The molecule has 1 aromatic carbocycles. The first-order chi connectivity index (χ1) is 8.72. The van der Waals surface area contributed by atoms with Crippen LogP contribution in [0.4, 0.5) is 0 Å². The van der Waals surface area contributed by atoms with Crippen LogP contribution >= 0.6 is 0 Å². The second-order valence-electron chi connectivity index (χ2n) is 3.64. The SMILES string of the molecule is COC(=O)Cc1nccn(-c2ccccc2)c1=O. The summed E-state index contributed by atoms with van der Waals surface area (Å²) in [7, 11) is 1.28. The van der Waals surface area contributed by atoms with E-state index in [1.807, 2.05) is 30.3 Å². The molecule has 2 aromatic rings. The van der Waals surface area contributed by atoms with Crippen molar-refractivity contribution in [2.24, 2.45) is 0 Å². The van der Waals surface area contributed by atoms with Gasteiger partial charge in [0.2, 0.25) is 0 Å². The molecule has 0 N–H and O–H groups in total. The minimum absolute atomic E-state index is 0.122. The lowest BCUT2D eigenvalue weighted by Crippen LogP contribution is -2.25. The molecule has 0 aliphatic rings. The average molecular weight is 244 g/mol. The van der Waals surface area contributed by atoms with Crippen LogP contribution in [0.15, 0.2) is 47.5 Å². The molecule has 1 heterocycles. The van der Waals surface area contributed by atoms with Crippen molar-refractivity contribution >= 4 is 5.97 Å². The Morgan fingerprint density at radius 3 is 2.72 bits per heavy atom. The van der Waals surface area contributed by atoms with Crippen molar-refractivity contribution in [3.63, 3.8) is 0 Å². The number of nitrogens with zero attached hydrogens (tertiary/aromatic N) is 2. The number of esters is 1. The zero-order valence-electron chi connectivity index (χ0n) is 9.87. The van der Waals surface area contributed by atoms with Crippen LogP contribution in [-0.2, 0) is 16.0 Å². The molecule has 0 unspecified atom stereocenters. The Labute approximate surface area is 104 Å². The smallest absolute Gasteiger partial charge is 0.311 e. The number of methoxy groups -OCH3 is 1. The van der Waals surface area contributed by atoms with Crippen LogP contribution in [-0.4, -0.2) is 22.6 Å². The molecule has 0 fully saturated rings. The lowest BCUT2D eigenvalue weighted by Gasteiger charge is -2.06. The van der Waals surface area contributed by atoms with Crippen molar-refractivity contribution in [3.8, 4) is 5.69 Å². The molecule has 0 bridgehead atoms. The van der Waals surface area contributed by atoms with Gasteiger partial charge < -0.3 is 4.74 Å². The summed E-state index contributed by atoms with van der Waals surface area (Å²) < 4.78 is 5.98. The van der Waals surface area contributed by atoms with Crippen LogP contribution in [0.3, 0.4) is 0 Å². The van der Waals surface area contributed by atoms with Crippen molar-refractivity contribution in [2.75, 3.05) is 7.11 Å². The summed E-state index contributed by atoms with van der Waals surface area (Å²) in [5.41, 5.74) is 0.596. The molecular formula is C13H12N2O3. The van der Waals surface area contributed by atoms with E-state index in [1.165, 1.54) is 17.9 Å². The molecule has 0 saturated heterocycles. The minimum Gasteiger partial charge on any atom is -0.469 e. The monoisotopic (exact) mass is 244 g/mol. The van der Waals surface area contributed by atoms with Gasteiger partial charge in [0.05, 0.1) is 13.5 Å². The van der Waals surface area contributed by atoms with E-state index in [4.69, 9.17) is 0 Å². The van der Waals surface area contributed by atoms with Crippen LogP contribution in [0.2, 0.25) is 0 Å². The lowest BCUT2D eigenvalue weighted by atomic mass is 10.3. The Bertz CT molecular complexity index is 605. The van der Waals surface area contributed by atoms with E-state index in [2.05, 4.69) is 9.72 Å². The minimum atomic E-state index is -0.481. The Kier molecular flexibility index (Phi) is 3.52. The number of para-hydroxylation sites is 1. The summed E-state index contributed by atoms with van der Waals surface area (Å²) in [6, 6.07) is 9.15. The Morgan fingerprint density at radius 1 is 1.33 bits per heavy atom. The normalized spacial score (nSPS) is 10.1. The largest absolute Gasteiger partial charge is 0.469 e. The number of benzene rings is 1. The molecule has 92 valence electrons. The van der Waals surface area contributed by atoms with E-state index in [-0.39, 0.29) is 17.7 Å². The van der Waals surface area contributed by atoms with E-state index in [1.54, 1.807) is 6.20 Å². The molecule has 0 amide bonds. The predicted molar refractivity (Wildman–Crippen MR) is 65.6 cm³/mol. The third-order valence-electron chi connectivity index (χ3n) is 2.49. The van der Waals surface area contributed by atoms with Crippen molar-refractivity contribution in [2.45, 2.75) is 6.42 Å². The van der Waals surface area contributed by atoms with E-state index < -0.39 is 5.97 Å². The maximum Gasteiger partial charge on any atom is 0.311 e. The van der Waals surface area contributed by atoms with Gasteiger partial charge >= 0.3 is 5.97 Å². The Balaban J connectivity index is 2.43. The fourth-order valence-electron chi connectivity index (χ4n) is 1.57. The lowest BCUT2D eigenvalue weighted by molar-refractivity contribution is -0.139. The summed E-state index contributed by atoms with van der Waals surface area (Å²) >= 11 is 0. The molecule has 0 aliphatic carbocycles. The number of hydrogen-bond acceptors (Lipinski definition) is 4. The first kappa shape index (κ1) is 12.0. The maximum absolute atomic E-state index is 12.1. The highest BCUT2D eigenvalue weighted by Gasteiger charge is 2.10. The average Bonchev–Trinajstić information content (AvgIpc) is 2.42. The van der Waals surface area contributed by atoms with E-state index in [9.17, 15) is 9.59 Å². The van der Waals surface area contributed by atoms with Crippen molar-refractivity contribution in [1.29, 1.82) is 0 Å². The summed E-state index contributed by atoms with van der Waals surface area (Å²) in [6.07, 6.45) is 2.94. The Morgan fingerprint density at radius 2 is 2.06 bits per heavy atom. The first-order valence-electron chi connectivity index (χ1n) is 5.41. The molecule has 1 aromatic heterocycles. The van der Waals surface area contributed by atoms with Crippen LogP contribution in [0.1, 0.15) is 5.69 Å². The fraction of sp³-hybridized carbons (Fsp3) is 0.154. The third-order valence-corrected chi connectivity index (χ3v) is 2.49. The van der Waals surface area contributed by atoms with Crippen LogP contribution in [0.25, 0.3) is 5.69 Å². The van der Waals surface area contributed by atoms with Crippen LogP contribution in [0.5, 0.6) is 0 Å². The van der Waals surface area contributed by atoms with E-state index in [0.29, 0.717) is 0 Å². The number of rotatable bonds is 3. The second kappa shape index (κ2) is 5.27. The summed E-state index contributed by atoms with van der Waals surface area (Å²) in [6.45, 7) is 0. The van der Waals surface area contributed by atoms with Gasteiger partial charge in [-0.25, -0.2) is 0 Å². The number of aromatic nitrogens is 2. The summed E-state index contributed by atoms with van der Waals surface area (Å²) in [5.74, 6) is -0.481. The van der Waals surface area contributed by atoms with Crippen LogP contribution < -0.4 is 5.56 Å². The highest BCUT2D eigenvalue weighted by atomic mass is 16.5. The van der Waals surface area contributed by atoms with Gasteiger partial charge in [-0.2, -0.15) is 0 Å². The van der Waals surface area contributed by atoms with Crippen molar-refractivity contribution < 1.29 is 9.53 Å². The van der Waals surface area contributed by atoms with Gasteiger partial charge in [-0.15, -0.1) is 0 Å². The van der Waals surface area contributed by atoms with Gasteiger partial charge in [0.1, 0.15) is 5.69 Å². The molecule has 0 spiro atoms. The Hall–Kier alpha value is -2.43. The van der Waals surface area contributed by atoms with Gasteiger partial charge in [-0.05, 0) is 12.1 Å². The van der Waals surface area contributed by atoms with Crippen molar-refractivity contribution in [1.82, 2.24) is 9.55 Å².